The molecule has 0 aromatic carbocycles. The molecule has 0 aromatic rings. The molecule has 1 N–H and O–H groups in total. The van der Waals surface area contributed by atoms with Crippen molar-refractivity contribution in [3.8, 4) is 0 Å². The molecule has 3 rings (SSSR count). The van der Waals surface area contributed by atoms with Crippen LogP contribution in [0.15, 0.2) is 0 Å². The van der Waals surface area contributed by atoms with Crippen LogP contribution in [0.5, 0.6) is 0 Å². The van der Waals surface area contributed by atoms with Gasteiger partial charge in [0, 0.05) is 11.3 Å². The zero-order valence-electron chi connectivity index (χ0n) is 16.9. The second kappa shape index (κ2) is 5.90. The van der Waals surface area contributed by atoms with Gasteiger partial charge in [-0.05, 0) is 51.7 Å². The third-order valence-electron chi connectivity index (χ3n) is 6.30. The number of Topliss-reactive ketones (excluding diaryl/α,β-unsaturated/α-hetero) is 1. The number of hydrogen-bond donors (Lipinski definition) is 1. The minimum absolute atomic E-state index is 0.0544. The Kier molecular flexibility index (Phi) is 4.94. The van der Waals surface area contributed by atoms with Gasteiger partial charge in [0.1, 0.15) is 6.10 Å². The van der Waals surface area contributed by atoms with Gasteiger partial charge in [-0.25, -0.2) is 0 Å². The van der Waals surface area contributed by atoms with Gasteiger partial charge in [-0.3, -0.25) is 4.79 Å². The number of rotatable bonds is 3. The van der Waals surface area contributed by atoms with Gasteiger partial charge in [-0.1, -0.05) is 27.7 Å². The molecule has 0 aromatic heterocycles. The van der Waals surface area contributed by atoms with E-state index in [1.165, 1.54) is 0 Å². The van der Waals surface area contributed by atoms with Crippen molar-refractivity contribution >= 4 is 14.1 Å². The monoisotopic (exact) mass is 356 g/mol. The lowest BCUT2D eigenvalue weighted by Gasteiger charge is -2.57. The summed E-state index contributed by atoms with van der Waals surface area (Å²) in [6.07, 6.45) is 0.213. The Balaban J connectivity index is 2.26. The molecular formula is C19H36O4Si. The average Bonchev–Trinajstić information content (AvgIpc) is 2.35. The van der Waals surface area contributed by atoms with E-state index in [0.717, 1.165) is 0 Å². The Hall–Kier alpha value is -0.233. The number of aliphatic hydroxyl groups is 1. The molecule has 4 nitrogen and oxygen atoms in total. The molecule has 0 aliphatic heterocycles. The van der Waals surface area contributed by atoms with Gasteiger partial charge in [-0.15, -0.1) is 0 Å². The van der Waals surface area contributed by atoms with Crippen molar-refractivity contribution in [3.63, 3.8) is 0 Å². The predicted octanol–water partition coefficient (Wildman–Crippen LogP) is 3.92. The van der Waals surface area contributed by atoms with Crippen LogP contribution in [0.25, 0.3) is 0 Å². The largest absolute Gasteiger partial charge is 0.413 e. The molecule has 0 spiro atoms. The van der Waals surface area contributed by atoms with E-state index in [0.29, 0.717) is 12.8 Å². The highest BCUT2D eigenvalue weighted by Gasteiger charge is 2.61. The molecule has 0 saturated heterocycles. The maximum atomic E-state index is 12.7. The minimum Gasteiger partial charge on any atom is -0.413 e. The zero-order chi connectivity index (χ0) is 18.7. The summed E-state index contributed by atoms with van der Waals surface area (Å²) < 4.78 is 12.8. The summed E-state index contributed by atoms with van der Waals surface area (Å²) in [6, 6.07) is 0. The summed E-state index contributed by atoms with van der Waals surface area (Å²) in [7, 11) is -1.96. The summed E-state index contributed by atoms with van der Waals surface area (Å²) in [5, 5.41) is 10.7. The van der Waals surface area contributed by atoms with Crippen LogP contribution in [0.3, 0.4) is 0 Å². The first-order valence-electron chi connectivity index (χ1n) is 9.16. The summed E-state index contributed by atoms with van der Waals surface area (Å²) >= 11 is 0. The molecule has 0 amide bonds. The minimum atomic E-state index is -1.96. The average molecular weight is 357 g/mol. The lowest BCUT2D eigenvalue weighted by molar-refractivity contribution is -0.217. The van der Waals surface area contributed by atoms with E-state index in [4.69, 9.17) is 9.16 Å². The highest BCUT2D eigenvalue weighted by Crippen LogP contribution is 2.53. The van der Waals surface area contributed by atoms with Crippen molar-refractivity contribution in [2.45, 2.75) is 103 Å². The summed E-state index contributed by atoms with van der Waals surface area (Å²) in [4.78, 5) is 12.7. The van der Waals surface area contributed by atoms with Crippen LogP contribution < -0.4 is 0 Å². The third kappa shape index (κ3) is 3.50. The zero-order valence-corrected chi connectivity index (χ0v) is 17.9. The van der Waals surface area contributed by atoms with Gasteiger partial charge in [0.2, 0.25) is 0 Å². The van der Waals surface area contributed by atoms with E-state index in [9.17, 15) is 9.90 Å². The number of hydrogen-bond acceptors (Lipinski definition) is 4. The molecule has 0 radical (unpaired) electrons. The third-order valence-corrected chi connectivity index (χ3v) is 10.8. The van der Waals surface area contributed by atoms with Crippen LogP contribution in [0.4, 0.5) is 0 Å². The van der Waals surface area contributed by atoms with Crippen LogP contribution in [0.2, 0.25) is 18.1 Å². The standard InChI is InChI=1S/C19H36O4Si/c1-17(2,3)22-14-10-12-13(23-24(8,9)18(4,5)6)11-19(14,7)16(21)15(12)20/h12-14,16,21H,10-11H2,1-9H3/t12-,13+,14+,16-,19-/m1/s1. The molecule has 24 heavy (non-hydrogen) atoms. The SMILES string of the molecule is CC(C)(C)O[C@H]1C[C@H]2C(=O)[C@@H](O)[C@]1(C)C[C@@H]2O[Si](C)(C)C(C)(C)C. The molecule has 3 saturated carbocycles. The highest BCUT2D eigenvalue weighted by molar-refractivity contribution is 6.74. The van der Waals surface area contributed by atoms with Crippen LogP contribution in [0, 0.1) is 11.3 Å². The number of ketones is 1. The summed E-state index contributed by atoms with van der Waals surface area (Å²) in [5.41, 5.74) is -0.851. The lowest BCUT2D eigenvalue weighted by atomic mass is 9.56. The number of fused-ring (bicyclic) bond motifs is 3. The molecule has 3 aliphatic carbocycles. The maximum Gasteiger partial charge on any atom is 0.192 e. The topological polar surface area (TPSA) is 55.8 Å². The van der Waals surface area contributed by atoms with Gasteiger partial charge in [-0.2, -0.15) is 0 Å². The van der Waals surface area contributed by atoms with Gasteiger partial charge in [0.05, 0.1) is 17.8 Å². The second-order valence-electron chi connectivity index (χ2n) is 10.5. The van der Waals surface area contributed by atoms with E-state index in [-0.39, 0.29) is 34.5 Å². The first-order chi connectivity index (χ1) is 10.6. The lowest BCUT2D eigenvalue weighted by Crippen LogP contribution is -2.66. The predicted molar refractivity (Wildman–Crippen MR) is 98.5 cm³/mol. The van der Waals surface area contributed by atoms with Crippen LogP contribution in [-0.2, 0) is 14.0 Å². The number of ether oxygens (including phenoxy) is 1. The van der Waals surface area contributed by atoms with Crippen molar-refractivity contribution in [1.29, 1.82) is 0 Å². The summed E-state index contributed by atoms with van der Waals surface area (Å²) in [6.45, 7) is 19.1. The van der Waals surface area contributed by atoms with E-state index in [2.05, 4.69) is 33.9 Å². The normalized spacial score (nSPS) is 37.8. The first kappa shape index (κ1) is 20.1. The molecule has 140 valence electrons. The quantitative estimate of drug-likeness (QED) is 0.779. The Labute approximate surface area is 148 Å². The number of aliphatic hydroxyl groups excluding tert-OH is 1. The smallest absolute Gasteiger partial charge is 0.192 e. The molecule has 5 heteroatoms. The molecule has 5 atom stereocenters. The summed E-state index contributed by atoms with van der Waals surface area (Å²) in [5.74, 6) is -0.301. The molecule has 3 fully saturated rings. The van der Waals surface area contributed by atoms with Gasteiger partial charge in [0.15, 0.2) is 14.1 Å². The molecule has 3 aliphatic rings. The fourth-order valence-corrected chi connectivity index (χ4v) is 5.12. The van der Waals surface area contributed by atoms with Crippen molar-refractivity contribution < 1.29 is 19.1 Å². The fraction of sp³-hybridized carbons (Fsp3) is 0.947. The number of carbonyl (C=O) groups is 1. The van der Waals surface area contributed by atoms with Crippen LogP contribution in [0.1, 0.15) is 61.3 Å². The van der Waals surface area contributed by atoms with Crippen molar-refractivity contribution in [1.82, 2.24) is 0 Å². The Morgan fingerprint density at radius 1 is 1.17 bits per heavy atom. The van der Waals surface area contributed by atoms with E-state index in [1.54, 1.807) is 0 Å². The highest BCUT2D eigenvalue weighted by atomic mass is 28.4. The van der Waals surface area contributed by atoms with Crippen molar-refractivity contribution in [2.24, 2.45) is 11.3 Å². The van der Waals surface area contributed by atoms with E-state index in [1.807, 2.05) is 27.7 Å². The van der Waals surface area contributed by atoms with Crippen molar-refractivity contribution in [2.75, 3.05) is 0 Å². The van der Waals surface area contributed by atoms with Crippen LogP contribution >= 0.6 is 0 Å². The Bertz CT molecular complexity index is 502. The van der Waals surface area contributed by atoms with Crippen molar-refractivity contribution in [3.05, 3.63) is 0 Å². The first-order valence-corrected chi connectivity index (χ1v) is 12.1. The number of carbonyl (C=O) groups excluding carboxylic acids is 1. The molecule has 0 heterocycles. The molecule has 0 unspecified atom stereocenters. The second-order valence-corrected chi connectivity index (χ2v) is 15.2. The maximum absolute atomic E-state index is 12.7. The Morgan fingerprint density at radius 2 is 1.71 bits per heavy atom. The van der Waals surface area contributed by atoms with E-state index < -0.39 is 19.8 Å². The molecular weight excluding hydrogens is 320 g/mol. The fourth-order valence-electron chi connectivity index (χ4n) is 3.76. The van der Waals surface area contributed by atoms with Gasteiger partial charge in [0.25, 0.3) is 0 Å². The van der Waals surface area contributed by atoms with Gasteiger partial charge < -0.3 is 14.3 Å². The van der Waals surface area contributed by atoms with Gasteiger partial charge >= 0.3 is 0 Å². The Morgan fingerprint density at radius 3 is 2.17 bits per heavy atom. The molecule has 2 bridgehead atoms. The van der Waals surface area contributed by atoms with Crippen LogP contribution in [-0.4, -0.2) is 43.1 Å². The van der Waals surface area contributed by atoms with E-state index >= 15 is 0 Å².